The van der Waals surface area contributed by atoms with E-state index in [1.165, 1.54) is 4.90 Å². The number of rotatable bonds is 23. The van der Waals surface area contributed by atoms with Crippen LogP contribution < -0.4 is 5.32 Å². The maximum absolute atomic E-state index is 13.3. The minimum Gasteiger partial charge on any atom is -0.480 e. The molecule has 0 saturated heterocycles. The van der Waals surface area contributed by atoms with Crippen LogP contribution in [0.25, 0.3) is 0 Å². The van der Waals surface area contributed by atoms with Crippen LogP contribution in [0, 0.1) is 0 Å². The molecule has 7 N–H and O–H groups in total. The van der Waals surface area contributed by atoms with E-state index in [0.29, 0.717) is 25.7 Å². The predicted molar refractivity (Wildman–Crippen MR) is 179 cm³/mol. The van der Waals surface area contributed by atoms with Crippen molar-refractivity contribution in [1.29, 1.82) is 0 Å². The van der Waals surface area contributed by atoms with Crippen molar-refractivity contribution in [2.24, 2.45) is 0 Å². The number of hydrogen-bond acceptors (Lipinski definition) is 11. The zero-order valence-corrected chi connectivity index (χ0v) is 28.7. The topological polar surface area (TPSA) is 261 Å². The van der Waals surface area contributed by atoms with E-state index in [1.807, 2.05) is 60.7 Å². The molecule has 0 heterocycles. The number of benzene rings is 2. The van der Waals surface area contributed by atoms with Gasteiger partial charge in [-0.1, -0.05) is 60.7 Å². The highest BCUT2D eigenvalue weighted by Crippen LogP contribution is 2.51. The number of carbonyl (C=O) groups is 5. The first-order valence-electron chi connectivity index (χ1n) is 16.2. The van der Waals surface area contributed by atoms with Crippen LogP contribution in [0.3, 0.4) is 0 Å². The first-order valence-corrected chi connectivity index (χ1v) is 17.7. The fourth-order valence-corrected chi connectivity index (χ4v) is 7.34. The summed E-state index contributed by atoms with van der Waals surface area (Å²) in [6.07, 6.45) is 1.35. The Morgan fingerprint density at radius 3 is 1.75 bits per heavy atom. The molecule has 2 atom stereocenters. The molecule has 0 radical (unpaired) electrons. The monoisotopic (exact) mass is 737 g/mol. The Balaban J connectivity index is 1.72. The average molecular weight is 738 g/mol. The first-order chi connectivity index (χ1) is 24.1. The minimum absolute atomic E-state index is 0.0342. The van der Waals surface area contributed by atoms with Crippen molar-refractivity contribution in [3.05, 3.63) is 71.8 Å². The fraction of sp³-hybridized carbons (Fsp3) is 0.485. The highest BCUT2D eigenvalue weighted by atomic mass is 31.2. The van der Waals surface area contributed by atoms with Gasteiger partial charge in [0.2, 0.25) is 6.04 Å². The summed E-state index contributed by atoms with van der Waals surface area (Å²) in [6, 6.07) is 16.7. The summed E-state index contributed by atoms with van der Waals surface area (Å²) in [4.78, 5) is 70.2. The van der Waals surface area contributed by atoms with Crippen molar-refractivity contribution in [3.8, 4) is 0 Å². The van der Waals surface area contributed by atoms with Gasteiger partial charge in [0.25, 0.3) is 0 Å². The summed E-state index contributed by atoms with van der Waals surface area (Å²) in [5, 5.41) is 48.8. The van der Waals surface area contributed by atoms with E-state index < -0.39 is 82.1 Å². The molecular weight excluding hydrogens is 693 g/mol. The molecule has 3 rings (SSSR count). The minimum atomic E-state index is -4.81. The molecule has 1 fully saturated rings. The van der Waals surface area contributed by atoms with Gasteiger partial charge < -0.3 is 30.4 Å². The zero-order chi connectivity index (χ0) is 37.6. The lowest BCUT2D eigenvalue weighted by Crippen LogP contribution is -2.51. The molecule has 0 aromatic heterocycles. The molecular formula is C33H44N3O14P. The van der Waals surface area contributed by atoms with E-state index in [2.05, 4.69) is 5.32 Å². The second kappa shape index (κ2) is 19.4. The number of carboxylic acids is 5. The molecule has 2 unspecified atom stereocenters. The van der Waals surface area contributed by atoms with Crippen LogP contribution in [0.5, 0.6) is 0 Å². The maximum Gasteiger partial charge on any atom is 0.472 e. The Hall–Kier alpha value is -4.22. The predicted octanol–water partition coefficient (Wildman–Crippen LogP) is 1.79. The lowest BCUT2D eigenvalue weighted by molar-refractivity contribution is -0.151. The van der Waals surface area contributed by atoms with Gasteiger partial charge in [-0.3, -0.25) is 38.5 Å². The highest BCUT2D eigenvalue weighted by molar-refractivity contribution is 7.47. The second-order valence-electron chi connectivity index (χ2n) is 12.3. The van der Waals surface area contributed by atoms with Crippen molar-refractivity contribution in [2.45, 2.75) is 55.7 Å². The summed E-state index contributed by atoms with van der Waals surface area (Å²) in [7, 11) is -4.81. The lowest BCUT2D eigenvalue weighted by Gasteiger charge is -2.41. The van der Waals surface area contributed by atoms with Crippen molar-refractivity contribution < 1.29 is 68.0 Å². The van der Waals surface area contributed by atoms with E-state index in [4.69, 9.17) is 19.3 Å². The van der Waals surface area contributed by atoms with E-state index in [0.717, 1.165) is 16.0 Å². The molecule has 280 valence electrons. The van der Waals surface area contributed by atoms with Crippen molar-refractivity contribution >= 4 is 37.7 Å². The van der Waals surface area contributed by atoms with Gasteiger partial charge in [-0.05, 0) is 49.8 Å². The molecule has 0 spiro atoms. The molecule has 0 bridgehead atoms. The first kappa shape index (κ1) is 41.2. The number of hydrogen-bond donors (Lipinski definition) is 7. The van der Waals surface area contributed by atoms with E-state index in [-0.39, 0.29) is 31.5 Å². The Morgan fingerprint density at radius 1 is 0.804 bits per heavy atom. The summed E-state index contributed by atoms with van der Waals surface area (Å²) < 4.78 is 24.1. The molecule has 1 saturated carbocycles. The fourth-order valence-electron chi connectivity index (χ4n) is 6.34. The molecule has 0 amide bonds. The van der Waals surface area contributed by atoms with E-state index in [1.54, 1.807) is 0 Å². The third kappa shape index (κ3) is 13.1. The van der Waals surface area contributed by atoms with E-state index >= 15 is 0 Å². The molecule has 0 aliphatic heterocycles. The number of nitrogens with one attached hydrogen (secondary N) is 1. The Kier molecular flexibility index (Phi) is 15.7. The van der Waals surface area contributed by atoms with Gasteiger partial charge in [0.05, 0.1) is 32.3 Å². The normalized spacial score (nSPS) is 16.5. The molecule has 51 heavy (non-hydrogen) atoms. The van der Waals surface area contributed by atoms with Gasteiger partial charge in [-0.15, -0.1) is 0 Å². The van der Waals surface area contributed by atoms with Crippen LogP contribution in [0.4, 0.5) is 0 Å². The number of aliphatic carboxylic acids is 5. The van der Waals surface area contributed by atoms with Gasteiger partial charge in [-0.2, -0.15) is 0 Å². The largest absolute Gasteiger partial charge is 0.480 e. The number of nitrogens with zero attached hydrogens (tertiary/aromatic N) is 2. The van der Waals surface area contributed by atoms with Crippen LogP contribution in [-0.4, -0.2) is 134 Å². The zero-order valence-electron chi connectivity index (χ0n) is 27.8. The van der Waals surface area contributed by atoms with Crippen LogP contribution in [0.15, 0.2) is 60.7 Å². The molecule has 18 heteroatoms. The number of phosphoric acid groups is 1. The van der Waals surface area contributed by atoms with Crippen LogP contribution in [0.1, 0.15) is 43.2 Å². The van der Waals surface area contributed by atoms with Gasteiger partial charge in [0, 0.05) is 24.5 Å². The smallest absolute Gasteiger partial charge is 0.472 e. The Labute approximate surface area is 294 Å². The van der Waals surface area contributed by atoms with E-state index in [9.17, 15) is 48.8 Å². The number of phosphoric ester groups is 1. The van der Waals surface area contributed by atoms with Gasteiger partial charge >= 0.3 is 37.7 Å². The highest BCUT2D eigenvalue weighted by Gasteiger charge is 2.41. The third-order valence-electron chi connectivity index (χ3n) is 8.67. The van der Waals surface area contributed by atoms with Crippen molar-refractivity contribution in [2.75, 3.05) is 45.9 Å². The van der Waals surface area contributed by atoms with Gasteiger partial charge in [0.1, 0.15) is 0 Å². The summed E-state index contributed by atoms with van der Waals surface area (Å²) in [6.45, 7) is -3.61. The quantitative estimate of drug-likeness (QED) is 0.0487. The maximum atomic E-state index is 13.3. The summed E-state index contributed by atoms with van der Waals surface area (Å²) >= 11 is 0. The number of carboxylic acid groups (broad SMARTS) is 5. The van der Waals surface area contributed by atoms with Crippen LogP contribution >= 0.6 is 7.82 Å². The second-order valence-corrected chi connectivity index (χ2v) is 13.7. The third-order valence-corrected chi connectivity index (χ3v) is 9.71. The summed E-state index contributed by atoms with van der Waals surface area (Å²) in [5.41, 5.74) is 1.85. The molecule has 1 aliphatic rings. The van der Waals surface area contributed by atoms with Crippen LogP contribution in [0.2, 0.25) is 0 Å². The lowest BCUT2D eigenvalue weighted by atomic mass is 9.65. The molecule has 2 aromatic carbocycles. The molecule has 1 aliphatic carbocycles. The van der Waals surface area contributed by atoms with Gasteiger partial charge in [-0.25, -0.2) is 14.2 Å². The molecule has 17 nitrogen and oxygen atoms in total. The van der Waals surface area contributed by atoms with Crippen molar-refractivity contribution in [3.63, 3.8) is 0 Å². The molecule has 2 aromatic rings. The SMILES string of the molecule is O=C(O)CN(CCCNC(C(=O)O)C(=O)O)CC(COP(=O)(O)OC1CCC(c2ccccc2)(c2ccccc2)CC1)N(CC(=O)O)CC(=O)O. The standard InChI is InChI=1S/C33H44N3O14P/c37-27(38)19-35(17-7-16-34-30(31(43)44)32(45)46)18-25(36(20-28(39)40)21-29(41)42)22-49-51(47,48)50-26-12-14-33(15-13-26,23-8-3-1-4-9-23)24-10-5-2-6-11-24/h1-6,8-11,25-26,30,34H,7,12-22H2,(H,37,38)(H,39,40)(H,41,42)(H,43,44)(H,45,46)(H,47,48). The Bertz CT molecular complexity index is 1450. The van der Waals surface area contributed by atoms with Crippen molar-refractivity contribution in [1.82, 2.24) is 15.1 Å². The average Bonchev–Trinajstić information content (AvgIpc) is 3.06. The summed E-state index contributed by atoms with van der Waals surface area (Å²) in [5.74, 6) is -7.41. The Morgan fingerprint density at radius 2 is 1.29 bits per heavy atom. The van der Waals surface area contributed by atoms with Gasteiger partial charge in [0.15, 0.2) is 0 Å². The van der Waals surface area contributed by atoms with Crippen LogP contribution in [-0.2, 0) is 43.0 Å².